The van der Waals surface area contributed by atoms with Gasteiger partial charge >= 0.3 is 5.97 Å². The van der Waals surface area contributed by atoms with E-state index in [0.29, 0.717) is 52.3 Å². The lowest BCUT2D eigenvalue weighted by Crippen LogP contribution is -2.34. The summed E-state index contributed by atoms with van der Waals surface area (Å²) >= 11 is 1.40. The standard InChI is InChI=1S/C88H97N5O4S/c1-9-17-29-58(13-5)54-90-73-38-28-27-37-71(73)78-76(64-33-23-21-24-34-64)85-79(77(84(78)90)65-35-25-22-26-36-65)72-52-68(47-49-74(72)91(85)55-59(14-6)30-18-10-2)62-39-43-66(44-40-62)82-80-81(87(95)92(82)56-60(15-7)31-19-11-3)83(93(86(80)94)57-61(16-8)32-20-12-4)67-45-41-63(42-46-67)75-50-48-70(98-75)51-69(53-89)88(96)97/h21-28,33-52,58-61H,9-20,29-32,54-57H2,1-8H3,(H,96,97)/b69-51-. The minimum absolute atomic E-state index is 0.128. The first-order valence-electron chi connectivity index (χ1n) is 36.8. The number of hydrogen-bond acceptors (Lipinski definition) is 5. The number of aromatic nitrogens is 2. The van der Waals surface area contributed by atoms with Gasteiger partial charge in [0.2, 0.25) is 0 Å². The third kappa shape index (κ3) is 13.5. The molecule has 9 nitrogen and oxygen atoms in total. The quantitative estimate of drug-likeness (QED) is 0.0333. The maximum absolute atomic E-state index is 15.9. The lowest BCUT2D eigenvalue weighted by Gasteiger charge is -2.29. The highest BCUT2D eigenvalue weighted by molar-refractivity contribution is 7.16. The molecule has 0 radical (unpaired) electrons. The molecule has 1 N–H and O–H groups in total. The van der Waals surface area contributed by atoms with Crippen molar-refractivity contribution in [3.05, 3.63) is 197 Å². The van der Waals surface area contributed by atoms with E-state index in [4.69, 9.17) is 0 Å². The van der Waals surface area contributed by atoms with E-state index in [0.717, 1.165) is 123 Å². The number of nitriles is 1. The molecular weight excluding hydrogens is 1220 g/mol. The summed E-state index contributed by atoms with van der Waals surface area (Å²) in [6, 6.07) is 61.2. The third-order valence-electron chi connectivity index (χ3n) is 21.4. The van der Waals surface area contributed by atoms with Crippen LogP contribution in [0.3, 0.4) is 0 Å². The van der Waals surface area contributed by atoms with Crippen molar-refractivity contribution >= 4 is 90.2 Å². The molecule has 12 rings (SSSR count). The molecule has 4 atom stereocenters. The number of aliphatic carboxylic acids is 1. The van der Waals surface area contributed by atoms with Gasteiger partial charge in [-0.05, 0) is 125 Å². The van der Waals surface area contributed by atoms with Crippen molar-refractivity contribution in [3.63, 3.8) is 0 Å². The van der Waals surface area contributed by atoms with Crippen molar-refractivity contribution in [1.82, 2.24) is 18.9 Å². The number of fused-ring (bicyclic) bond motifs is 7. The summed E-state index contributed by atoms with van der Waals surface area (Å²) in [5.74, 6) is -0.0624. The van der Waals surface area contributed by atoms with E-state index >= 15 is 9.59 Å². The zero-order valence-electron chi connectivity index (χ0n) is 58.9. The molecule has 4 unspecified atom stereocenters. The Labute approximate surface area is 584 Å². The van der Waals surface area contributed by atoms with Gasteiger partial charge in [0.15, 0.2) is 0 Å². The van der Waals surface area contributed by atoms with Crippen LogP contribution < -0.4 is 0 Å². The van der Waals surface area contributed by atoms with E-state index in [1.807, 2.05) is 46.2 Å². The Balaban J connectivity index is 1.07. The number of thiophene rings is 1. The zero-order chi connectivity index (χ0) is 68.6. The summed E-state index contributed by atoms with van der Waals surface area (Å²) < 4.78 is 5.44. The van der Waals surface area contributed by atoms with Crippen LogP contribution in [0.5, 0.6) is 0 Å². The second kappa shape index (κ2) is 31.2. The van der Waals surface area contributed by atoms with Gasteiger partial charge < -0.3 is 24.0 Å². The number of carboxylic acids is 1. The van der Waals surface area contributed by atoms with Crippen LogP contribution in [0.25, 0.3) is 105 Å². The second-order valence-electron chi connectivity index (χ2n) is 27.7. The largest absolute Gasteiger partial charge is 0.477 e. The fraction of sp³-hybridized carbons (Fsp3) is 0.364. The number of hydrogen-bond donors (Lipinski definition) is 1. The van der Waals surface area contributed by atoms with Gasteiger partial charge in [-0.1, -0.05) is 266 Å². The molecule has 0 bridgehead atoms. The minimum atomic E-state index is -1.26. The first-order chi connectivity index (χ1) is 47.9. The van der Waals surface area contributed by atoms with Gasteiger partial charge in [0, 0.05) is 79.6 Å². The van der Waals surface area contributed by atoms with E-state index in [1.54, 1.807) is 6.07 Å². The van der Waals surface area contributed by atoms with Gasteiger partial charge in [-0.2, -0.15) is 5.26 Å². The Bertz CT molecular complexity index is 4670. The Morgan fingerprint density at radius 1 is 0.459 bits per heavy atom. The fourth-order valence-electron chi connectivity index (χ4n) is 15.8. The number of para-hydroxylation sites is 1. The molecule has 5 heterocycles. The molecule has 0 aliphatic carbocycles. The van der Waals surface area contributed by atoms with Crippen LogP contribution >= 0.6 is 11.3 Å². The molecule has 7 aromatic carbocycles. The molecule has 0 saturated carbocycles. The highest BCUT2D eigenvalue weighted by atomic mass is 32.1. The molecule has 98 heavy (non-hydrogen) atoms. The van der Waals surface area contributed by atoms with E-state index in [-0.39, 0.29) is 29.2 Å². The first-order valence-corrected chi connectivity index (χ1v) is 37.7. The van der Waals surface area contributed by atoms with E-state index in [2.05, 4.69) is 192 Å². The Morgan fingerprint density at radius 2 is 0.867 bits per heavy atom. The number of nitrogens with zero attached hydrogens (tertiary/aromatic N) is 5. The highest BCUT2D eigenvalue weighted by Gasteiger charge is 2.49. The summed E-state index contributed by atoms with van der Waals surface area (Å²) in [6.07, 6.45) is 18.7. The van der Waals surface area contributed by atoms with Gasteiger partial charge in [0.1, 0.15) is 11.6 Å². The fourth-order valence-corrected chi connectivity index (χ4v) is 16.7. The summed E-state index contributed by atoms with van der Waals surface area (Å²) in [5.41, 5.74) is 16.8. The first kappa shape index (κ1) is 68.9. The van der Waals surface area contributed by atoms with Crippen LogP contribution in [0.1, 0.15) is 174 Å². The van der Waals surface area contributed by atoms with Crippen LogP contribution in [0.15, 0.2) is 181 Å². The average molecular weight is 1320 g/mol. The van der Waals surface area contributed by atoms with Crippen LogP contribution in [0, 0.1) is 35.0 Å². The van der Waals surface area contributed by atoms with Crippen molar-refractivity contribution in [2.24, 2.45) is 23.7 Å². The topological polar surface area (TPSA) is 112 Å². The van der Waals surface area contributed by atoms with Gasteiger partial charge in [-0.25, -0.2) is 4.79 Å². The number of benzene rings is 7. The molecule has 2 amide bonds. The zero-order valence-corrected chi connectivity index (χ0v) is 59.8. The molecule has 0 saturated heterocycles. The normalized spacial score (nSPS) is 14.8. The minimum Gasteiger partial charge on any atom is -0.477 e. The summed E-state index contributed by atoms with van der Waals surface area (Å²) in [6.45, 7) is 21.1. The van der Waals surface area contributed by atoms with Crippen molar-refractivity contribution < 1.29 is 19.5 Å². The number of carbonyl (C=O) groups is 3. The molecule has 3 aromatic heterocycles. The molecule has 2 aliphatic heterocycles. The number of rotatable bonds is 32. The highest BCUT2D eigenvalue weighted by Crippen LogP contribution is 2.53. The number of amides is 2. The SMILES string of the molecule is CCCCC(CC)CN1C(=O)C2=C(c3ccc(-c4ccc(/C=C(/C#N)C(=O)O)s4)cc3)N(CC(CC)CCCC)C(=O)C2=C1c1ccc(-c2ccc3c(c2)c2c(-c4ccccc4)c4c(c(-c5ccccc5)c2n3CC(CC)CCCC)c2ccccc2n4CC(CC)CCCC)cc1. The average Bonchev–Trinajstić information content (AvgIpc) is 1.52. The number of unbranched alkanes of at least 4 members (excludes halogenated alkanes) is 4. The monoisotopic (exact) mass is 1320 g/mol. The molecule has 0 spiro atoms. The molecule has 2 aliphatic rings. The van der Waals surface area contributed by atoms with E-state index < -0.39 is 5.97 Å². The Morgan fingerprint density at radius 3 is 1.32 bits per heavy atom. The number of carbonyl (C=O) groups excluding carboxylic acids is 2. The predicted molar refractivity (Wildman–Crippen MR) is 410 cm³/mol. The summed E-state index contributed by atoms with van der Waals surface area (Å²) in [7, 11) is 0. The molecular formula is C88H97N5O4S. The maximum Gasteiger partial charge on any atom is 0.346 e. The third-order valence-corrected chi connectivity index (χ3v) is 22.5. The van der Waals surface area contributed by atoms with E-state index in [1.165, 1.54) is 109 Å². The second-order valence-corrected chi connectivity index (χ2v) is 28.8. The van der Waals surface area contributed by atoms with Gasteiger partial charge in [-0.15, -0.1) is 11.3 Å². The Kier molecular flexibility index (Phi) is 21.9. The van der Waals surface area contributed by atoms with Gasteiger partial charge in [-0.3, -0.25) is 9.59 Å². The van der Waals surface area contributed by atoms with Crippen LogP contribution in [-0.2, 0) is 27.5 Å². The van der Waals surface area contributed by atoms with Crippen LogP contribution in [-0.4, -0.2) is 54.9 Å². The van der Waals surface area contributed by atoms with Crippen molar-refractivity contribution in [2.75, 3.05) is 13.1 Å². The molecule has 10 aromatic rings. The lowest BCUT2D eigenvalue weighted by molar-refractivity contribution is -0.132. The van der Waals surface area contributed by atoms with Crippen LogP contribution in [0.4, 0.5) is 0 Å². The van der Waals surface area contributed by atoms with Crippen molar-refractivity contribution in [3.8, 4) is 49.9 Å². The number of carboxylic acid groups (broad SMARTS) is 1. The molecule has 10 heteroatoms. The summed E-state index contributed by atoms with van der Waals surface area (Å²) in [5, 5.41) is 24.2. The molecule has 0 fully saturated rings. The molecule has 504 valence electrons. The predicted octanol–water partition coefficient (Wildman–Crippen LogP) is 23.3. The van der Waals surface area contributed by atoms with Crippen LogP contribution in [0.2, 0.25) is 0 Å². The smallest absolute Gasteiger partial charge is 0.346 e. The van der Waals surface area contributed by atoms with Gasteiger partial charge in [0.05, 0.1) is 33.6 Å². The lowest BCUT2D eigenvalue weighted by atomic mass is 9.89. The maximum atomic E-state index is 15.9. The summed E-state index contributed by atoms with van der Waals surface area (Å²) in [4.78, 5) is 49.0. The van der Waals surface area contributed by atoms with Gasteiger partial charge in [0.25, 0.3) is 11.8 Å². The Hall–Kier alpha value is -9.04. The van der Waals surface area contributed by atoms with Crippen molar-refractivity contribution in [1.29, 1.82) is 5.26 Å². The van der Waals surface area contributed by atoms with E-state index in [9.17, 15) is 15.2 Å². The van der Waals surface area contributed by atoms with Crippen molar-refractivity contribution in [2.45, 2.75) is 171 Å².